The average Bonchev–Trinajstić information content (AvgIpc) is 2.72. The van der Waals surface area contributed by atoms with E-state index in [1.165, 1.54) is 0 Å². The molecule has 1 aliphatic heterocycles. The number of amides is 2. The molecule has 0 atom stereocenters. The minimum absolute atomic E-state index is 0.132. The van der Waals surface area contributed by atoms with Crippen LogP contribution in [0.15, 0.2) is 54.3 Å². The van der Waals surface area contributed by atoms with Crippen LogP contribution in [0, 0.1) is 0 Å². The van der Waals surface area contributed by atoms with E-state index >= 15 is 0 Å². The maximum atomic E-state index is 12.5. The normalized spacial score (nSPS) is 14.7. The third kappa shape index (κ3) is 5.23. The van der Waals surface area contributed by atoms with E-state index in [9.17, 15) is 9.59 Å². The monoisotopic (exact) mass is 394 g/mol. The van der Waals surface area contributed by atoms with E-state index in [1.54, 1.807) is 42.3 Å². The topological polar surface area (TPSA) is 67.9 Å². The van der Waals surface area contributed by atoms with Gasteiger partial charge in [0.05, 0.1) is 11.8 Å². The molecule has 6 nitrogen and oxygen atoms in total. The van der Waals surface area contributed by atoms with E-state index in [-0.39, 0.29) is 23.7 Å². The van der Waals surface area contributed by atoms with E-state index in [4.69, 9.17) is 9.47 Å². The van der Waals surface area contributed by atoms with Crippen molar-refractivity contribution in [1.82, 2.24) is 5.32 Å². The van der Waals surface area contributed by atoms with Crippen LogP contribution in [0.4, 0.5) is 5.69 Å². The fraction of sp³-hybridized carbons (Fsp3) is 0.304. The van der Waals surface area contributed by atoms with Crippen LogP contribution in [0.1, 0.15) is 36.2 Å². The third-order valence-corrected chi connectivity index (χ3v) is 4.49. The summed E-state index contributed by atoms with van der Waals surface area (Å²) in [5, 5.41) is 2.88. The standard InChI is InChI=1S/C23H26N2O4/c1-16(2)28-14-6-13-24-22(26)18-11-9-17(10-12-18)15-21-23(27)25(3)19-7-4-5-8-20(19)29-21/h4-5,7-12,15-16H,6,13-14H2,1-3H3,(H,24,26)/b21-15-. The van der Waals surface area contributed by atoms with Gasteiger partial charge in [-0.2, -0.15) is 0 Å². The summed E-state index contributed by atoms with van der Waals surface area (Å²) < 4.78 is 11.2. The number of fused-ring (bicyclic) bond motifs is 1. The van der Waals surface area contributed by atoms with Gasteiger partial charge >= 0.3 is 0 Å². The molecule has 0 aliphatic carbocycles. The highest BCUT2D eigenvalue weighted by Gasteiger charge is 2.27. The van der Waals surface area contributed by atoms with E-state index < -0.39 is 0 Å². The van der Waals surface area contributed by atoms with Crippen LogP contribution >= 0.6 is 0 Å². The zero-order valence-corrected chi connectivity index (χ0v) is 17.0. The van der Waals surface area contributed by atoms with Crippen LogP contribution < -0.4 is 15.0 Å². The summed E-state index contributed by atoms with van der Waals surface area (Å²) in [5.41, 5.74) is 2.08. The number of ether oxygens (including phenoxy) is 2. The smallest absolute Gasteiger partial charge is 0.293 e. The molecule has 0 bridgehead atoms. The van der Waals surface area contributed by atoms with Gasteiger partial charge in [-0.1, -0.05) is 24.3 Å². The molecule has 0 aromatic heterocycles. The van der Waals surface area contributed by atoms with Gasteiger partial charge in [0.25, 0.3) is 11.8 Å². The Morgan fingerprint density at radius 2 is 1.90 bits per heavy atom. The molecule has 1 heterocycles. The minimum Gasteiger partial charge on any atom is -0.449 e. The maximum absolute atomic E-state index is 12.5. The Morgan fingerprint density at radius 1 is 1.17 bits per heavy atom. The molecule has 6 heteroatoms. The van der Waals surface area contributed by atoms with Crippen molar-refractivity contribution in [1.29, 1.82) is 0 Å². The predicted octanol–water partition coefficient (Wildman–Crippen LogP) is 3.63. The van der Waals surface area contributed by atoms with Crippen molar-refractivity contribution < 1.29 is 19.1 Å². The lowest BCUT2D eigenvalue weighted by molar-refractivity contribution is -0.117. The van der Waals surface area contributed by atoms with Gasteiger partial charge in [0, 0.05) is 25.8 Å². The van der Waals surface area contributed by atoms with Crippen molar-refractivity contribution in [2.45, 2.75) is 26.4 Å². The van der Waals surface area contributed by atoms with Crippen LogP contribution in [-0.2, 0) is 9.53 Å². The first-order valence-corrected chi connectivity index (χ1v) is 9.72. The lowest BCUT2D eigenvalue weighted by atomic mass is 10.1. The number of carbonyl (C=O) groups is 2. The summed E-state index contributed by atoms with van der Waals surface area (Å²) in [7, 11) is 1.72. The first-order valence-electron chi connectivity index (χ1n) is 9.72. The van der Waals surface area contributed by atoms with Gasteiger partial charge in [0.15, 0.2) is 11.5 Å². The van der Waals surface area contributed by atoms with Crippen molar-refractivity contribution in [3.8, 4) is 5.75 Å². The highest BCUT2D eigenvalue weighted by Crippen LogP contribution is 2.34. The number of anilines is 1. The van der Waals surface area contributed by atoms with Gasteiger partial charge in [-0.3, -0.25) is 9.59 Å². The average molecular weight is 394 g/mol. The van der Waals surface area contributed by atoms with Gasteiger partial charge in [-0.25, -0.2) is 0 Å². The molecule has 0 saturated carbocycles. The zero-order valence-electron chi connectivity index (χ0n) is 17.0. The number of rotatable bonds is 7. The van der Waals surface area contributed by atoms with Crippen LogP contribution in [0.5, 0.6) is 5.75 Å². The van der Waals surface area contributed by atoms with Crippen LogP contribution in [0.25, 0.3) is 6.08 Å². The Kier molecular flexibility index (Phi) is 6.67. The van der Waals surface area contributed by atoms with Crippen LogP contribution in [0.3, 0.4) is 0 Å². The highest BCUT2D eigenvalue weighted by atomic mass is 16.5. The minimum atomic E-state index is -0.214. The third-order valence-electron chi connectivity index (χ3n) is 4.49. The van der Waals surface area contributed by atoms with E-state index in [2.05, 4.69) is 5.32 Å². The van der Waals surface area contributed by atoms with Gasteiger partial charge in [-0.05, 0) is 56.2 Å². The Hall–Kier alpha value is -3.12. The van der Waals surface area contributed by atoms with Crippen molar-refractivity contribution >= 4 is 23.6 Å². The molecular weight excluding hydrogens is 368 g/mol. The summed E-state index contributed by atoms with van der Waals surface area (Å²) in [6.07, 6.45) is 2.64. The van der Waals surface area contributed by atoms with Gasteiger partial charge in [0.2, 0.25) is 0 Å². The number of carbonyl (C=O) groups excluding carboxylic acids is 2. The lowest BCUT2D eigenvalue weighted by Crippen LogP contribution is -2.33. The Labute approximate surface area is 171 Å². The van der Waals surface area contributed by atoms with Crippen molar-refractivity contribution in [3.05, 3.63) is 65.4 Å². The van der Waals surface area contributed by atoms with Crippen LogP contribution in [-0.4, -0.2) is 38.1 Å². The zero-order chi connectivity index (χ0) is 20.8. The molecule has 152 valence electrons. The summed E-state index contributed by atoms with van der Waals surface area (Å²) in [5.74, 6) is 0.536. The summed E-state index contributed by atoms with van der Waals surface area (Å²) in [6, 6.07) is 14.4. The van der Waals surface area contributed by atoms with Crippen LogP contribution in [0.2, 0.25) is 0 Å². The highest BCUT2D eigenvalue weighted by molar-refractivity contribution is 6.09. The summed E-state index contributed by atoms with van der Waals surface area (Å²) in [4.78, 5) is 26.3. The molecule has 2 amide bonds. The second-order valence-corrected chi connectivity index (χ2v) is 7.09. The summed E-state index contributed by atoms with van der Waals surface area (Å²) in [6.45, 7) is 5.15. The molecule has 1 N–H and O–H groups in total. The molecule has 29 heavy (non-hydrogen) atoms. The molecule has 0 saturated heterocycles. The van der Waals surface area contributed by atoms with Gasteiger partial charge in [-0.15, -0.1) is 0 Å². The number of hydrogen-bond donors (Lipinski definition) is 1. The number of para-hydroxylation sites is 2. The largest absolute Gasteiger partial charge is 0.449 e. The first-order chi connectivity index (χ1) is 14.0. The molecular formula is C23H26N2O4. The fourth-order valence-electron chi connectivity index (χ4n) is 2.93. The van der Waals surface area contributed by atoms with Crippen molar-refractivity contribution in [2.75, 3.05) is 25.1 Å². The molecule has 2 aromatic rings. The number of nitrogens with one attached hydrogen (secondary N) is 1. The van der Waals surface area contributed by atoms with Crippen molar-refractivity contribution in [3.63, 3.8) is 0 Å². The van der Waals surface area contributed by atoms with Gasteiger partial charge < -0.3 is 19.7 Å². The molecule has 0 spiro atoms. The molecule has 0 unspecified atom stereocenters. The summed E-state index contributed by atoms with van der Waals surface area (Å²) >= 11 is 0. The lowest BCUT2D eigenvalue weighted by Gasteiger charge is -2.27. The fourth-order valence-corrected chi connectivity index (χ4v) is 2.93. The van der Waals surface area contributed by atoms with E-state index in [1.807, 2.05) is 38.1 Å². The van der Waals surface area contributed by atoms with Crippen molar-refractivity contribution in [2.24, 2.45) is 0 Å². The molecule has 1 aliphatic rings. The number of nitrogens with zero attached hydrogens (tertiary/aromatic N) is 1. The molecule has 0 fully saturated rings. The first kappa shape index (κ1) is 20.6. The Morgan fingerprint density at radius 3 is 2.62 bits per heavy atom. The molecule has 2 aromatic carbocycles. The quantitative estimate of drug-likeness (QED) is 0.575. The Balaban J connectivity index is 1.62. The molecule has 3 rings (SSSR count). The van der Waals surface area contributed by atoms with E-state index in [0.717, 1.165) is 17.7 Å². The SMILES string of the molecule is CC(C)OCCCNC(=O)c1ccc(/C=C2\Oc3ccccc3N(C)C2=O)cc1. The predicted molar refractivity (Wildman–Crippen MR) is 113 cm³/mol. The second kappa shape index (κ2) is 9.39. The molecule has 0 radical (unpaired) electrons. The number of likely N-dealkylation sites (N-methyl/N-ethyl adjacent to an activating group) is 1. The maximum Gasteiger partial charge on any atom is 0.293 e. The number of hydrogen-bond acceptors (Lipinski definition) is 4. The van der Waals surface area contributed by atoms with E-state index in [0.29, 0.717) is 24.5 Å². The number of benzene rings is 2. The van der Waals surface area contributed by atoms with Gasteiger partial charge in [0.1, 0.15) is 0 Å². The Bertz CT molecular complexity index is 903. The second-order valence-electron chi connectivity index (χ2n) is 7.09.